The number of carbonyl (C=O) groups excluding carboxylic acids is 1. The number of esters is 1. The maximum absolute atomic E-state index is 13.0. The molecule has 2 bridgehead atoms. The average molecular weight is 680 g/mol. The van der Waals surface area contributed by atoms with Crippen LogP contribution in [0.15, 0.2) is 47.1 Å². The Kier molecular flexibility index (Phi) is 9.32. The molecule has 2 aromatic heterocycles. The number of ether oxygens (including phenoxy) is 4. The number of hydrogen-bond donors (Lipinski definition) is 4. The molecule has 0 aliphatic carbocycles. The molecule has 0 saturated carbocycles. The van der Waals surface area contributed by atoms with Crippen LogP contribution in [-0.2, 0) is 25.6 Å². The van der Waals surface area contributed by atoms with Crippen molar-refractivity contribution in [1.82, 2.24) is 10.1 Å². The molecule has 4 N–H and O–H groups in total. The zero-order chi connectivity index (χ0) is 34.3. The van der Waals surface area contributed by atoms with E-state index in [9.17, 15) is 43.2 Å². The van der Waals surface area contributed by atoms with Crippen molar-refractivity contribution >= 4 is 17.8 Å². The summed E-state index contributed by atoms with van der Waals surface area (Å²) in [6, 6.07) is 8.90. The van der Waals surface area contributed by atoms with Crippen LogP contribution in [0.3, 0.4) is 0 Å². The molecule has 3 fully saturated rings. The lowest BCUT2D eigenvalue weighted by molar-refractivity contribution is -0.278. The van der Waals surface area contributed by atoms with Gasteiger partial charge in [-0.05, 0) is 56.9 Å². The van der Waals surface area contributed by atoms with Crippen molar-refractivity contribution in [2.75, 3.05) is 4.90 Å². The Bertz CT molecular complexity index is 1620. The first-order chi connectivity index (χ1) is 22.8. The summed E-state index contributed by atoms with van der Waals surface area (Å²) >= 11 is 0. The Hall–Kier alpha value is -4.29. The number of hydrogen-bond acceptors (Lipinski definition) is 13. The van der Waals surface area contributed by atoms with E-state index in [1.807, 2.05) is 0 Å². The number of aliphatic carboxylic acids is 1. The number of rotatable bonds is 9. The predicted molar refractivity (Wildman–Crippen MR) is 154 cm³/mol. The first-order valence-electron chi connectivity index (χ1n) is 15.1. The van der Waals surface area contributed by atoms with Gasteiger partial charge >= 0.3 is 18.3 Å². The summed E-state index contributed by atoms with van der Waals surface area (Å²) in [5.74, 6) is -1.98. The van der Waals surface area contributed by atoms with Crippen molar-refractivity contribution in [3.8, 4) is 17.0 Å². The van der Waals surface area contributed by atoms with E-state index in [1.54, 1.807) is 19.1 Å². The van der Waals surface area contributed by atoms with Crippen LogP contribution >= 0.6 is 0 Å². The largest absolute Gasteiger partial charge is 0.573 e. The summed E-state index contributed by atoms with van der Waals surface area (Å²) in [5, 5.41) is 43.1. The van der Waals surface area contributed by atoms with Gasteiger partial charge in [0.25, 0.3) is 0 Å². The first kappa shape index (κ1) is 33.6. The van der Waals surface area contributed by atoms with Gasteiger partial charge < -0.3 is 48.8 Å². The van der Waals surface area contributed by atoms with Crippen LogP contribution in [0.5, 0.6) is 5.75 Å². The van der Waals surface area contributed by atoms with Gasteiger partial charge in [0.15, 0.2) is 6.10 Å². The minimum atomic E-state index is -4.88. The van der Waals surface area contributed by atoms with E-state index >= 15 is 0 Å². The van der Waals surface area contributed by atoms with E-state index in [4.69, 9.17) is 18.7 Å². The number of aryl methyl sites for hydroxylation is 1. The molecule has 3 aliphatic heterocycles. The summed E-state index contributed by atoms with van der Waals surface area (Å²) in [5.41, 5.74) is 0.828. The number of nitrogens with zero attached hydrogens (tertiary/aromatic N) is 3. The number of aliphatic hydroxyl groups is 3. The molecule has 3 saturated heterocycles. The molecule has 1 aromatic carbocycles. The Morgan fingerprint density at radius 1 is 1.02 bits per heavy atom. The first-order valence-corrected chi connectivity index (χ1v) is 15.1. The van der Waals surface area contributed by atoms with Crippen LogP contribution < -0.4 is 9.64 Å². The van der Waals surface area contributed by atoms with Crippen LogP contribution in [0.4, 0.5) is 19.0 Å². The Labute approximate surface area is 270 Å². The fourth-order valence-electron chi connectivity index (χ4n) is 6.47. The second-order valence-electron chi connectivity index (χ2n) is 11.9. The summed E-state index contributed by atoms with van der Waals surface area (Å²) in [6.45, 7) is 1.72. The topological polar surface area (TPSA) is 194 Å². The third-order valence-corrected chi connectivity index (χ3v) is 8.79. The maximum atomic E-state index is 13.0. The number of benzene rings is 1. The number of alkyl halides is 3. The number of anilines is 1. The lowest BCUT2D eigenvalue weighted by atomic mass is 9.99. The van der Waals surface area contributed by atoms with E-state index in [0.717, 1.165) is 12.8 Å². The molecule has 14 nitrogen and oxygen atoms in total. The van der Waals surface area contributed by atoms with Gasteiger partial charge in [0, 0.05) is 29.4 Å². The van der Waals surface area contributed by atoms with Crippen molar-refractivity contribution in [1.29, 1.82) is 0 Å². The Balaban J connectivity index is 1.08. The molecule has 258 valence electrons. The number of carboxylic acids is 1. The van der Waals surface area contributed by atoms with Gasteiger partial charge in [-0.15, -0.1) is 13.2 Å². The summed E-state index contributed by atoms with van der Waals surface area (Å²) in [7, 11) is 0. The number of piperidine rings is 1. The fourth-order valence-corrected chi connectivity index (χ4v) is 6.47. The predicted octanol–water partition coefficient (Wildman–Crippen LogP) is 2.71. The molecule has 3 aromatic rings. The number of fused-ring (bicyclic) bond motifs is 2. The number of aliphatic hydroxyl groups excluding tert-OH is 3. The van der Waals surface area contributed by atoms with Crippen molar-refractivity contribution < 1.29 is 66.7 Å². The van der Waals surface area contributed by atoms with E-state index < -0.39 is 54.8 Å². The molecule has 1 unspecified atom stereocenters. The van der Waals surface area contributed by atoms with Crippen LogP contribution in [0.2, 0.25) is 0 Å². The SMILES string of the molecule is Cc1onc(-c2ccccc2OC(F)(F)F)c1COC1C[C@H]2CC[C@@H](C1)N2c1ccc(C(=O)O[C@@H]2O[C@H](C(=O)O)[C@@H](O)[C@H](O)[C@H]2O)cn1. The van der Waals surface area contributed by atoms with Gasteiger partial charge in [0.05, 0.1) is 18.3 Å². The van der Waals surface area contributed by atoms with E-state index in [2.05, 4.69) is 19.8 Å². The second-order valence-corrected chi connectivity index (χ2v) is 11.9. The molecule has 8 atom stereocenters. The number of pyridine rings is 1. The van der Waals surface area contributed by atoms with Gasteiger partial charge in [0.1, 0.15) is 41.3 Å². The molecule has 0 radical (unpaired) electrons. The highest BCUT2D eigenvalue weighted by Gasteiger charge is 2.49. The van der Waals surface area contributed by atoms with Gasteiger partial charge in [-0.3, -0.25) is 0 Å². The Morgan fingerprint density at radius 2 is 1.73 bits per heavy atom. The molecule has 17 heteroatoms. The summed E-state index contributed by atoms with van der Waals surface area (Å²) in [4.78, 5) is 30.6. The van der Waals surface area contributed by atoms with E-state index in [1.165, 1.54) is 30.5 Å². The number of aromatic nitrogens is 2. The van der Waals surface area contributed by atoms with Crippen molar-refractivity contribution in [3.05, 3.63) is 59.5 Å². The van der Waals surface area contributed by atoms with Gasteiger partial charge in [-0.2, -0.15) is 0 Å². The van der Waals surface area contributed by atoms with Gasteiger partial charge in [-0.25, -0.2) is 14.6 Å². The zero-order valence-corrected chi connectivity index (χ0v) is 25.3. The van der Waals surface area contributed by atoms with Crippen molar-refractivity contribution in [3.63, 3.8) is 0 Å². The van der Waals surface area contributed by atoms with Crippen LogP contribution in [-0.4, -0.2) is 97.8 Å². The molecule has 5 heterocycles. The van der Waals surface area contributed by atoms with Crippen LogP contribution in [0, 0.1) is 6.92 Å². The van der Waals surface area contributed by atoms with E-state index in [0.29, 0.717) is 30.0 Å². The average Bonchev–Trinajstić information content (AvgIpc) is 3.54. The minimum Gasteiger partial charge on any atom is -0.479 e. The number of carboxylic acid groups (broad SMARTS) is 1. The van der Waals surface area contributed by atoms with Gasteiger partial charge in [-0.1, -0.05) is 17.3 Å². The maximum Gasteiger partial charge on any atom is 0.573 e. The Morgan fingerprint density at radius 3 is 2.38 bits per heavy atom. The fraction of sp³-hybridized carbons (Fsp3) is 0.484. The van der Waals surface area contributed by atoms with Gasteiger partial charge in [0.2, 0.25) is 6.29 Å². The quantitative estimate of drug-likeness (QED) is 0.241. The number of halogens is 3. The second kappa shape index (κ2) is 13.3. The van der Waals surface area contributed by atoms with Crippen molar-refractivity contribution in [2.24, 2.45) is 0 Å². The third-order valence-electron chi connectivity index (χ3n) is 8.79. The lowest BCUT2D eigenvalue weighted by Gasteiger charge is -2.39. The normalized spacial score (nSPS) is 28.7. The smallest absolute Gasteiger partial charge is 0.479 e. The molecular formula is C31H32F3N3O11. The highest BCUT2D eigenvalue weighted by molar-refractivity contribution is 5.89. The highest BCUT2D eigenvalue weighted by atomic mass is 19.4. The third kappa shape index (κ3) is 6.82. The minimum absolute atomic E-state index is 0.0188. The molecule has 0 amide bonds. The molecule has 48 heavy (non-hydrogen) atoms. The zero-order valence-electron chi connectivity index (χ0n) is 25.3. The summed E-state index contributed by atoms with van der Waals surface area (Å²) < 4.78 is 64.9. The van der Waals surface area contributed by atoms with Crippen molar-refractivity contribution in [2.45, 2.75) is 94.5 Å². The van der Waals surface area contributed by atoms with E-state index in [-0.39, 0.29) is 41.6 Å². The lowest BCUT2D eigenvalue weighted by Crippen LogP contribution is -2.60. The number of para-hydroxylation sites is 1. The molecular weight excluding hydrogens is 647 g/mol. The molecule has 3 aliphatic rings. The molecule has 6 rings (SSSR count). The highest BCUT2D eigenvalue weighted by Crippen LogP contribution is 2.41. The number of carbonyl (C=O) groups is 2. The summed E-state index contributed by atoms with van der Waals surface area (Å²) in [6.07, 6.45) is -10.2. The van der Waals surface area contributed by atoms with Crippen LogP contribution in [0.25, 0.3) is 11.3 Å². The van der Waals surface area contributed by atoms with Crippen LogP contribution in [0.1, 0.15) is 47.4 Å². The molecule has 0 spiro atoms. The monoisotopic (exact) mass is 679 g/mol. The standard InChI is InChI=1S/C31H32F3N3O11/c1-14-20(23(36-48-14)19-4-2-3-5-21(19)47-31(32,33)34)13-44-18-10-16-7-8-17(11-18)37(16)22-9-6-15(12-35-22)29(43)46-30-26(40)24(38)25(39)27(45-30)28(41)42/h2-6,9,12,16-18,24-27,30,38-40H,7-8,10-11,13H2,1H3,(H,41,42)/t16-,17+,18?,24-,25-,26+,27-,30-/m0/s1.